The van der Waals surface area contributed by atoms with E-state index in [2.05, 4.69) is 42.5 Å². The predicted molar refractivity (Wildman–Crippen MR) is 82.8 cm³/mol. The summed E-state index contributed by atoms with van der Waals surface area (Å²) in [6, 6.07) is 18.7. The zero-order valence-corrected chi connectivity index (χ0v) is 11.7. The smallest absolute Gasteiger partial charge is 0.127 e. The van der Waals surface area contributed by atoms with Crippen LogP contribution in [0.3, 0.4) is 0 Å². The van der Waals surface area contributed by atoms with Gasteiger partial charge in [-0.3, -0.25) is 0 Å². The number of ether oxygens (including phenoxy) is 1. The fourth-order valence-electron chi connectivity index (χ4n) is 2.88. The second-order valence-electron chi connectivity index (χ2n) is 5.54. The molecule has 1 saturated carbocycles. The average molecular weight is 267 g/mol. The summed E-state index contributed by atoms with van der Waals surface area (Å²) in [4.78, 5) is 0. The van der Waals surface area contributed by atoms with Crippen molar-refractivity contribution in [3.8, 4) is 16.9 Å². The summed E-state index contributed by atoms with van der Waals surface area (Å²) < 4.78 is 6.38. The Kier molecular flexibility index (Phi) is 3.75. The van der Waals surface area contributed by atoms with Crippen molar-refractivity contribution in [2.24, 2.45) is 5.73 Å². The first-order valence-electron chi connectivity index (χ1n) is 7.37. The molecular weight excluding hydrogens is 246 g/mol. The minimum Gasteiger partial charge on any atom is -0.487 e. The van der Waals surface area contributed by atoms with Crippen molar-refractivity contribution in [1.82, 2.24) is 0 Å². The molecule has 3 rings (SSSR count). The van der Waals surface area contributed by atoms with Crippen LogP contribution in [0.5, 0.6) is 5.75 Å². The van der Waals surface area contributed by atoms with Crippen LogP contribution >= 0.6 is 0 Å². The minimum atomic E-state index is -0.0281. The predicted octanol–water partition coefficient (Wildman–Crippen LogP) is 4.00. The van der Waals surface area contributed by atoms with Crippen LogP contribution in [-0.2, 0) is 0 Å². The van der Waals surface area contributed by atoms with Gasteiger partial charge in [-0.1, -0.05) is 48.5 Å². The van der Waals surface area contributed by atoms with Gasteiger partial charge in [-0.05, 0) is 43.9 Å². The van der Waals surface area contributed by atoms with E-state index in [1.165, 1.54) is 12.0 Å². The van der Waals surface area contributed by atoms with Crippen molar-refractivity contribution in [1.29, 1.82) is 0 Å². The van der Waals surface area contributed by atoms with Gasteiger partial charge < -0.3 is 10.5 Å². The van der Waals surface area contributed by atoms with Gasteiger partial charge in [0.05, 0.1) is 0 Å². The molecule has 0 heterocycles. The Morgan fingerprint density at radius 1 is 0.950 bits per heavy atom. The largest absolute Gasteiger partial charge is 0.487 e. The van der Waals surface area contributed by atoms with Gasteiger partial charge in [-0.25, -0.2) is 0 Å². The average Bonchev–Trinajstić information content (AvgIpc) is 2.46. The van der Waals surface area contributed by atoms with Gasteiger partial charge in [-0.2, -0.15) is 0 Å². The van der Waals surface area contributed by atoms with E-state index in [0.717, 1.165) is 30.6 Å². The Hall–Kier alpha value is -1.80. The highest BCUT2D eigenvalue weighted by molar-refractivity contribution is 5.70. The molecule has 0 spiro atoms. The normalized spacial score (nSPS) is 16.4. The van der Waals surface area contributed by atoms with Gasteiger partial charge >= 0.3 is 0 Å². The third-order valence-corrected chi connectivity index (χ3v) is 4.16. The second-order valence-corrected chi connectivity index (χ2v) is 5.54. The van der Waals surface area contributed by atoms with E-state index in [0.29, 0.717) is 6.54 Å². The van der Waals surface area contributed by atoms with E-state index in [4.69, 9.17) is 10.5 Å². The van der Waals surface area contributed by atoms with Crippen molar-refractivity contribution < 1.29 is 4.74 Å². The van der Waals surface area contributed by atoms with Gasteiger partial charge in [-0.15, -0.1) is 0 Å². The molecule has 0 aliphatic heterocycles. The van der Waals surface area contributed by atoms with E-state index < -0.39 is 0 Å². The first-order valence-corrected chi connectivity index (χ1v) is 7.37. The third kappa shape index (κ3) is 2.56. The van der Waals surface area contributed by atoms with Crippen LogP contribution in [0, 0.1) is 0 Å². The SMILES string of the molecule is NCCC1(Oc2ccccc2-c2ccccc2)CCC1. The number of rotatable bonds is 5. The number of hydrogen-bond acceptors (Lipinski definition) is 2. The Morgan fingerprint density at radius 2 is 1.65 bits per heavy atom. The molecule has 2 heteroatoms. The molecule has 1 aliphatic rings. The maximum atomic E-state index is 6.38. The van der Waals surface area contributed by atoms with Crippen molar-refractivity contribution in [2.45, 2.75) is 31.3 Å². The maximum absolute atomic E-state index is 6.38. The van der Waals surface area contributed by atoms with Crippen LogP contribution in [0.4, 0.5) is 0 Å². The Bertz CT molecular complexity index is 561. The summed E-state index contributed by atoms with van der Waals surface area (Å²) in [5.74, 6) is 0.979. The molecule has 104 valence electrons. The molecular formula is C18H21NO. The van der Waals surface area contributed by atoms with Gasteiger partial charge in [0.1, 0.15) is 11.4 Å². The molecule has 0 aromatic heterocycles. The fraction of sp³-hybridized carbons (Fsp3) is 0.333. The van der Waals surface area contributed by atoms with Crippen LogP contribution in [0.15, 0.2) is 54.6 Å². The number of benzene rings is 2. The van der Waals surface area contributed by atoms with Crippen LogP contribution < -0.4 is 10.5 Å². The molecule has 2 nitrogen and oxygen atoms in total. The van der Waals surface area contributed by atoms with Crippen molar-refractivity contribution >= 4 is 0 Å². The van der Waals surface area contributed by atoms with E-state index in [-0.39, 0.29) is 5.60 Å². The van der Waals surface area contributed by atoms with Crippen LogP contribution in [0.1, 0.15) is 25.7 Å². The zero-order chi connectivity index (χ0) is 13.8. The van der Waals surface area contributed by atoms with Crippen LogP contribution in [0.2, 0.25) is 0 Å². The molecule has 1 fully saturated rings. The van der Waals surface area contributed by atoms with Gasteiger partial charge in [0, 0.05) is 5.56 Å². The maximum Gasteiger partial charge on any atom is 0.127 e. The molecule has 0 unspecified atom stereocenters. The van der Waals surface area contributed by atoms with Crippen molar-refractivity contribution in [2.75, 3.05) is 6.54 Å². The van der Waals surface area contributed by atoms with E-state index in [9.17, 15) is 0 Å². The topological polar surface area (TPSA) is 35.2 Å². The molecule has 2 N–H and O–H groups in total. The Balaban J connectivity index is 1.90. The standard InChI is InChI=1S/C18H21NO/c19-14-13-18(11-6-12-18)20-17-10-5-4-9-16(17)15-7-2-1-3-8-15/h1-5,7-10H,6,11-14,19H2. The van der Waals surface area contributed by atoms with E-state index in [1.54, 1.807) is 0 Å². The molecule has 0 saturated heterocycles. The molecule has 2 aromatic carbocycles. The summed E-state index contributed by atoms with van der Waals surface area (Å²) in [7, 11) is 0. The summed E-state index contributed by atoms with van der Waals surface area (Å²) >= 11 is 0. The molecule has 2 aromatic rings. The highest BCUT2D eigenvalue weighted by atomic mass is 16.5. The van der Waals surface area contributed by atoms with Crippen molar-refractivity contribution in [3.05, 3.63) is 54.6 Å². The Labute approximate surface area is 120 Å². The summed E-state index contributed by atoms with van der Waals surface area (Å²) in [6.45, 7) is 0.688. The molecule has 0 atom stereocenters. The number of hydrogen-bond donors (Lipinski definition) is 1. The van der Waals surface area contributed by atoms with Crippen LogP contribution in [-0.4, -0.2) is 12.1 Å². The molecule has 20 heavy (non-hydrogen) atoms. The van der Waals surface area contributed by atoms with Gasteiger partial charge in [0.15, 0.2) is 0 Å². The highest BCUT2D eigenvalue weighted by Gasteiger charge is 2.38. The first-order chi connectivity index (χ1) is 9.83. The Morgan fingerprint density at radius 3 is 2.30 bits per heavy atom. The molecule has 1 aliphatic carbocycles. The molecule has 0 amide bonds. The summed E-state index contributed by atoms with van der Waals surface area (Å²) in [5.41, 5.74) is 8.08. The number of nitrogens with two attached hydrogens (primary N) is 1. The monoisotopic (exact) mass is 267 g/mol. The second kappa shape index (κ2) is 5.68. The zero-order valence-electron chi connectivity index (χ0n) is 11.7. The first kappa shape index (κ1) is 13.2. The van der Waals surface area contributed by atoms with Crippen molar-refractivity contribution in [3.63, 3.8) is 0 Å². The summed E-state index contributed by atoms with van der Waals surface area (Å²) in [5, 5.41) is 0. The van der Waals surface area contributed by atoms with E-state index >= 15 is 0 Å². The van der Waals surface area contributed by atoms with Gasteiger partial charge in [0.25, 0.3) is 0 Å². The van der Waals surface area contributed by atoms with Gasteiger partial charge in [0.2, 0.25) is 0 Å². The van der Waals surface area contributed by atoms with Crippen LogP contribution in [0.25, 0.3) is 11.1 Å². The highest BCUT2D eigenvalue weighted by Crippen LogP contribution is 2.41. The number of para-hydroxylation sites is 1. The lowest BCUT2D eigenvalue weighted by atomic mass is 9.77. The summed E-state index contributed by atoms with van der Waals surface area (Å²) in [6.07, 6.45) is 4.42. The third-order valence-electron chi connectivity index (χ3n) is 4.16. The minimum absolute atomic E-state index is 0.0281. The molecule has 0 bridgehead atoms. The lowest BCUT2D eigenvalue weighted by Gasteiger charge is -2.42. The lowest BCUT2D eigenvalue weighted by Crippen LogP contribution is -2.44. The quantitative estimate of drug-likeness (QED) is 0.888. The lowest BCUT2D eigenvalue weighted by molar-refractivity contribution is -0.0120. The van der Waals surface area contributed by atoms with E-state index in [1.807, 2.05) is 12.1 Å². The fourth-order valence-corrected chi connectivity index (χ4v) is 2.88. The molecule has 0 radical (unpaired) electrons.